The third-order valence-electron chi connectivity index (χ3n) is 4.71. The van der Waals surface area contributed by atoms with Gasteiger partial charge < -0.3 is 10.2 Å². The summed E-state index contributed by atoms with van der Waals surface area (Å²) in [6.07, 6.45) is 7.07. The van der Waals surface area contributed by atoms with Crippen LogP contribution in [-0.4, -0.2) is 31.7 Å². The van der Waals surface area contributed by atoms with Crippen molar-refractivity contribution in [3.63, 3.8) is 0 Å². The van der Waals surface area contributed by atoms with Crippen LogP contribution >= 0.6 is 0 Å². The molecule has 21 heavy (non-hydrogen) atoms. The number of rotatable bonds is 3. The molecule has 1 aliphatic carbocycles. The zero-order chi connectivity index (χ0) is 14.7. The molecule has 0 bridgehead atoms. The number of pyridine rings is 1. The van der Waals surface area contributed by atoms with Gasteiger partial charge in [-0.25, -0.2) is 4.98 Å². The maximum Gasteiger partial charge on any atom is 0.146 e. The van der Waals surface area contributed by atoms with Crippen LogP contribution in [0.1, 0.15) is 42.5 Å². The predicted octanol–water partition coefficient (Wildman–Crippen LogP) is 2.27. The van der Waals surface area contributed by atoms with Gasteiger partial charge in [0.1, 0.15) is 11.9 Å². The Morgan fingerprint density at radius 2 is 2.24 bits per heavy atom. The summed E-state index contributed by atoms with van der Waals surface area (Å²) in [5.41, 5.74) is 3.29. The van der Waals surface area contributed by atoms with Crippen LogP contribution in [0.25, 0.3) is 0 Å². The van der Waals surface area contributed by atoms with Crippen molar-refractivity contribution < 1.29 is 0 Å². The van der Waals surface area contributed by atoms with Crippen molar-refractivity contribution in [1.29, 1.82) is 5.26 Å². The highest BCUT2D eigenvalue weighted by Gasteiger charge is 2.24. The summed E-state index contributed by atoms with van der Waals surface area (Å²) in [6.45, 7) is 3.09. The maximum atomic E-state index is 9.49. The van der Waals surface area contributed by atoms with Gasteiger partial charge in [0, 0.05) is 18.8 Å². The van der Waals surface area contributed by atoms with E-state index >= 15 is 0 Å². The van der Waals surface area contributed by atoms with E-state index in [2.05, 4.69) is 22.4 Å². The van der Waals surface area contributed by atoms with Gasteiger partial charge in [-0.2, -0.15) is 5.26 Å². The molecule has 1 N–H and O–H groups in total. The Bertz CT molecular complexity index is 544. The van der Waals surface area contributed by atoms with Crippen LogP contribution in [-0.2, 0) is 12.8 Å². The first kappa shape index (κ1) is 14.3. The lowest BCUT2D eigenvalue weighted by molar-refractivity contribution is 0.401. The molecule has 0 aromatic carbocycles. The zero-order valence-electron chi connectivity index (χ0n) is 12.9. The average molecular weight is 284 g/mol. The molecule has 0 radical (unpaired) electrons. The Morgan fingerprint density at radius 1 is 1.38 bits per heavy atom. The highest BCUT2D eigenvalue weighted by atomic mass is 15.2. The van der Waals surface area contributed by atoms with Crippen molar-refractivity contribution in [2.75, 3.05) is 31.6 Å². The molecule has 1 atom stereocenters. The second-order valence-corrected chi connectivity index (χ2v) is 6.30. The summed E-state index contributed by atoms with van der Waals surface area (Å²) >= 11 is 0. The standard InChI is InChI=1S/C17H24N4/c1-19-11-13-5-4-8-21(12-13)17-15(10-18)9-14-6-2-3-7-16(14)20-17/h9,13,19H,2-8,11-12H2,1H3. The number of hydrogen-bond donors (Lipinski definition) is 1. The lowest BCUT2D eigenvalue weighted by Crippen LogP contribution is -2.40. The van der Waals surface area contributed by atoms with Gasteiger partial charge in [0.05, 0.1) is 5.56 Å². The molecule has 0 saturated carbocycles. The van der Waals surface area contributed by atoms with Gasteiger partial charge >= 0.3 is 0 Å². The first-order valence-electron chi connectivity index (χ1n) is 8.14. The summed E-state index contributed by atoms with van der Waals surface area (Å²) in [5, 5.41) is 12.8. The minimum Gasteiger partial charge on any atom is -0.355 e. The van der Waals surface area contributed by atoms with Gasteiger partial charge in [0.15, 0.2) is 0 Å². The van der Waals surface area contributed by atoms with Crippen molar-refractivity contribution in [2.24, 2.45) is 5.92 Å². The third kappa shape index (κ3) is 3.03. The monoisotopic (exact) mass is 284 g/mol. The Balaban J connectivity index is 1.88. The number of hydrogen-bond acceptors (Lipinski definition) is 4. The zero-order valence-corrected chi connectivity index (χ0v) is 12.9. The molecule has 1 fully saturated rings. The molecule has 4 nitrogen and oxygen atoms in total. The van der Waals surface area contributed by atoms with Crippen LogP contribution in [0.15, 0.2) is 6.07 Å². The van der Waals surface area contributed by atoms with Gasteiger partial charge in [-0.3, -0.25) is 0 Å². The number of aryl methyl sites for hydroxylation is 2. The quantitative estimate of drug-likeness (QED) is 0.925. The average Bonchev–Trinajstić information content (AvgIpc) is 2.54. The molecule has 1 saturated heterocycles. The lowest BCUT2D eigenvalue weighted by atomic mass is 9.94. The minimum absolute atomic E-state index is 0.660. The van der Waals surface area contributed by atoms with E-state index in [1.165, 1.54) is 36.9 Å². The molecule has 2 heterocycles. The Labute approximate surface area is 127 Å². The van der Waals surface area contributed by atoms with Crippen LogP contribution in [0.5, 0.6) is 0 Å². The topological polar surface area (TPSA) is 52.0 Å². The molecule has 0 amide bonds. The van der Waals surface area contributed by atoms with Crippen LogP contribution in [0.4, 0.5) is 5.82 Å². The normalized spacial score (nSPS) is 21.7. The summed E-state index contributed by atoms with van der Waals surface area (Å²) in [4.78, 5) is 7.22. The SMILES string of the molecule is CNCC1CCCN(c2nc3c(cc2C#N)CCCC3)C1. The number of aromatic nitrogens is 1. The number of piperidine rings is 1. The van der Waals surface area contributed by atoms with E-state index in [9.17, 15) is 5.26 Å². The van der Waals surface area contributed by atoms with Crippen LogP contribution in [0, 0.1) is 17.2 Å². The fraction of sp³-hybridized carbons (Fsp3) is 0.647. The van der Waals surface area contributed by atoms with Gasteiger partial charge in [-0.05, 0) is 69.7 Å². The smallest absolute Gasteiger partial charge is 0.146 e. The summed E-state index contributed by atoms with van der Waals surface area (Å²) in [6, 6.07) is 4.47. The third-order valence-corrected chi connectivity index (χ3v) is 4.71. The number of nitrogens with one attached hydrogen (secondary N) is 1. The minimum atomic E-state index is 0.660. The second-order valence-electron chi connectivity index (χ2n) is 6.30. The second kappa shape index (κ2) is 6.44. The molecule has 0 spiro atoms. The van der Waals surface area contributed by atoms with Crippen molar-refractivity contribution in [3.05, 3.63) is 22.9 Å². The first-order chi connectivity index (χ1) is 10.3. The molecule has 1 aliphatic heterocycles. The lowest BCUT2D eigenvalue weighted by Gasteiger charge is -2.34. The van der Waals surface area contributed by atoms with Gasteiger partial charge in [0.2, 0.25) is 0 Å². The van der Waals surface area contributed by atoms with Crippen molar-refractivity contribution in [2.45, 2.75) is 38.5 Å². The molecule has 1 aromatic rings. The molecule has 2 aliphatic rings. The van der Waals surface area contributed by atoms with E-state index in [1.54, 1.807) is 0 Å². The van der Waals surface area contributed by atoms with Gasteiger partial charge in [0.25, 0.3) is 0 Å². The van der Waals surface area contributed by atoms with Crippen molar-refractivity contribution in [1.82, 2.24) is 10.3 Å². The summed E-state index contributed by atoms with van der Waals surface area (Å²) in [5.74, 6) is 1.59. The fourth-order valence-corrected chi connectivity index (χ4v) is 3.66. The van der Waals surface area contributed by atoms with Crippen molar-refractivity contribution in [3.8, 4) is 6.07 Å². The summed E-state index contributed by atoms with van der Waals surface area (Å²) in [7, 11) is 2.01. The largest absolute Gasteiger partial charge is 0.355 e. The van der Waals surface area contributed by atoms with Gasteiger partial charge in [-0.15, -0.1) is 0 Å². The maximum absolute atomic E-state index is 9.49. The van der Waals surface area contributed by atoms with E-state index < -0.39 is 0 Å². The van der Waals surface area contributed by atoms with Crippen LogP contribution in [0.2, 0.25) is 0 Å². The fourth-order valence-electron chi connectivity index (χ4n) is 3.66. The van der Waals surface area contributed by atoms with E-state index in [0.717, 1.165) is 43.9 Å². The van der Waals surface area contributed by atoms with Crippen molar-refractivity contribution >= 4 is 5.82 Å². The molecule has 4 heteroatoms. The van der Waals surface area contributed by atoms with Crippen LogP contribution < -0.4 is 10.2 Å². The first-order valence-corrected chi connectivity index (χ1v) is 8.14. The molecule has 1 aromatic heterocycles. The molecule has 112 valence electrons. The molecular weight excluding hydrogens is 260 g/mol. The highest BCUT2D eigenvalue weighted by molar-refractivity contribution is 5.56. The number of anilines is 1. The van der Waals surface area contributed by atoms with E-state index in [-0.39, 0.29) is 0 Å². The molecule has 1 unspecified atom stereocenters. The van der Waals surface area contributed by atoms with E-state index in [1.807, 2.05) is 7.05 Å². The Hall–Kier alpha value is -1.60. The molecular formula is C17H24N4. The number of fused-ring (bicyclic) bond motifs is 1. The van der Waals surface area contributed by atoms with E-state index in [4.69, 9.17) is 4.98 Å². The summed E-state index contributed by atoms with van der Waals surface area (Å²) < 4.78 is 0. The number of nitrogens with zero attached hydrogens (tertiary/aromatic N) is 3. The molecule has 3 rings (SSSR count). The number of nitriles is 1. The Kier molecular flexibility index (Phi) is 4.40. The predicted molar refractivity (Wildman–Crippen MR) is 84.5 cm³/mol. The highest BCUT2D eigenvalue weighted by Crippen LogP contribution is 2.29. The van der Waals surface area contributed by atoms with Gasteiger partial charge in [-0.1, -0.05) is 0 Å². The Morgan fingerprint density at radius 3 is 3.05 bits per heavy atom. The van der Waals surface area contributed by atoms with Crippen LogP contribution in [0.3, 0.4) is 0 Å². The van der Waals surface area contributed by atoms with E-state index in [0.29, 0.717) is 5.92 Å².